The number of rotatable bonds is 6. The minimum atomic E-state index is 0.188. The van der Waals surface area contributed by atoms with Crippen LogP contribution in [0.3, 0.4) is 0 Å². The molecule has 0 saturated carbocycles. The van der Waals surface area contributed by atoms with Gasteiger partial charge in [-0.1, -0.05) is 17.7 Å². The molecule has 1 unspecified atom stereocenters. The van der Waals surface area contributed by atoms with Gasteiger partial charge in [0.2, 0.25) is 0 Å². The normalized spacial score (nSPS) is 12.5. The van der Waals surface area contributed by atoms with Crippen LogP contribution in [0.1, 0.15) is 12.5 Å². The highest BCUT2D eigenvalue weighted by molar-refractivity contribution is 6.33. The van der Waals surface area contributed by atoms with Crippen molar-refractivity contribution in [3.8, 4) is 0 Å². The lowest BCUT2D eigenvalue weighted by Crippen LogP contribution is -2.28. The Bertz CT molecular complexity index is 357. The predicted octanol–water partition coefficient (Wildman–Crippen LogP) is 2.53. The molecule has 3 nitrogen and oxygen atoms in total. The molecule has 17 heavy (non-hydrogen) atoms. The maximum atomic E-state index is 6.28. The molecule has 1 rings (SSSR count). The molecule has 0 aliphatic carbocycles. The third kappa shape index (κ3) is 4.19. The second-order valence-corrected chi connectivity index (χ2v) is 4.65. The first-order valence-corrected chi connectivity index (χ1v) is 6.13. The van der Waals surface area contributed by atoms with Gasteiger partial charge in [-0.15, -0.1) is 0 Å². The molecule has 0 bridgehead atoms. The van der Waals surface area contributed by atoms with Crippen LogP contribution in [0.5, 0.6) is 0 Å². The van der Waals surface area contributed by atoms with Crippen LogP contribution in [0.2, 0.25) is 5.02 Å². The molecule has 1 aromatic rings. The van der Waals surface area contributed by atoms with Crippen LogP contribution < -0.4 is 10.2 Å². The van der Waals surface area contributed by atoms with E-state index in [2.05, 4.69) is 22.3 Å². The van der Waals surface area contributed by atoms with Gasteiger partial charge in [0.25, 0.3) is 0 Å². The number of nitrogens with one attached hydrogen (secondary N) is 1. The number of benzene rings is 1. The van der Waals surface area contributed by atoms with Crippen LogP contribution in [-0.2, 0) is 11.3 Å². The number of anilines is 1. The largest absolute Gasteiger partial charge is 0.380 e. The number of ether oxygens (including phenoxy) is 1. The van der Waals surface area contributed by atoms with E-state index in [0.717, 1.165) is 23.8 Å². The van der Waals surface area contributed by atoms with Gasteiger partial charge >= 0.3 is 0 Å². The SMILES string of the molecule is CNCc1ccc(N(C)CC(C)OC)c(Cl)c1. The summed E-state index contributed by atoms with van der Waals surface area (Å²) in [6.07, 6.45) is 0.188. The number of hydrogen-bond acceptors (Lipinski definition) is 3. The number of methoxy groups -OCH3 is 1. The molecule has 0 radical (unpaired) electrons. The first kappa shape index (κ1) is 14.3. The highest BCUT2D eigenvalue weighted by Gasteiger charge is 2.09. The summed E-state index contributed by atoms with van der Waals surface area (Å²) in [4.78, 5) is 2.11. The Kier molecular flexibility index (Phi) is 5.75. The Morgan fingerprint density at radius 1 is 1.47 bits per heavy atom. The minimum absolute atomic E-state index is 0.188. The second kappa shape index (κ2) is 6.84. The van der Waals surface area contributed by atoms with Crippen LogP contribution in [0, 0.1) is 0 Å². The molecule has 0 aliphatic heterocycles. The van der Waals surface area contributed by atoms with Gasteiger partial charge in [0.1, 0.15) is 0 Å². The third-order valence-electron chi connectivity index (χ3n) is 2.74. The van der Waals surface area contributed by atoms with E-state index in [9.17, 15) is 0 Å². The first-order valence-electron chi connectivity index (χ1n) is 5.75. The predicted molar refractivity (Wildman–Crippen MR) is 74.0 cm³/mol. The summed E-state index contributed by atoms with van der Waals surface area (Å²) in [6, 6.07) is 6.14. The number of likely N-dealkylation sites (N-methyl/N-ethyl adjacent to an activating group) is 1. The van der Waals surface area contributed by atoms with Gasteiger partial charge in [-0.2, -0.15) is 0 Å². The van der Waals surface area contributed by atoms with Gasteiger partial charge in [0.05, 0.1) is 16.8 Å². The minimum Gasteiger partial charge on any atom is -0.380 e. The summed E-state index contributed by atoms with van der Waals surface area (Å²) in [5.41, 5.74) is 2.23. The van der Waals surface area contributed by atoms with Crippen molar-refractivity contribution >= 4 is 17.3 Å². The van der Waals surface area contributed by atoms with E-state index >= 15 is 0 Å². The van der Waals surface area contributed by atoms with E-state index in [1.54, 1.807) is 7.11 Å². The maximum absolute atomic E-state index is 6.28. The molecule has 0 aromatic heterocycles. The van der Waals surface area contributed by atoms with Crippen molar-refractivity contribution in [2.24, 2.45) is 0 Å². The smallest absolute Gasteiger partial charge is 0.0717 e. The molecule has 96 valence electrons. The van der Waals surface area contributed by atoms with E-state index in [1.165, 1.54) is 5.56 Å². The fraction of sp³-hybridized carbons (Fsp3) is 0.538. The summed E-state index contributed by atoms with van der Waals surface area (Å²) in [5, 5.41) is 3.89. The van der Waals surface area contributed by atoms with Crippen molar-refractivity contribution in [3.05, 3.63) is 28.8 Å². The van der Waals surface area contributed by atoms with Crippen molar-refractivity contribution in [3.63, 3.8) is 0 Å². The Morgan fingerprint density at radius 3 is 2.71 bits per heavy atom. The van der Waals surface area contributed by atoms with Crippen molar-refractivity contribution in [1.82, 2.24) is 5.32 Å². The van der Waals surface area contributed by atoms with E-state index in [0.29, 0.717) is 0 Å². The molecule has 0 heterocycles. The van der Waals surface area contributed by atoms with Gasteiger partial charge < -0.3 is 15.0 Å². The van der Waals surface area contributed by atoms with Gasteiger partial charge in [-0.25, -0.2) is 0 Å². The average molecular weight is 257 g/mol. The number of halogens is 1. The fourth-order valence-electron chi connectivity index (χ4n) is 1.73. The van der Waals surface area contributed by atoms with Crippen LogP contribution in [0.25, 0.3) is 0 Å². The van der Waals surface area contributed by atoms with Crippen molar-refractivity contribution < 1.29 is 4.74 Å². The summed E-state index contributed by atoms with van der Waals surface area (Å²) in [6.45, 7) is 3.69. The van der Waals surface area contributed by atoms with Crippen molar-refractivity contribution in [2.75, 3.05) is 32.6 Å². The molecular weight excluding hydrogens is 236 g/mol. The Labute approximate surface area is 109 Å². The Balaban J connectivity index is 2.77. The molecule has 1 atom stereocenters. The third-order valence-corrected chi connectivity index (χ3v) is 3.04. The van der Waals surface area contributed by atoms with Crippen LogP contribution >= 0.6 is 11.6 Å². The van der Waals surface area contributed by atoms with Crippen LogP contribution in [0.4, 0.5) is 5.69 Å². The van der Waals surface area contributed by atoms with Gasteiger partial charge in [-0.05, 0) is 31.7 Å². The summed E-state index contributed by atoms with van der Waals surface area (Å²) >= 11 is 6.28. The quantitative estimate of drug-likeness (QED) is 0.847. The van der Waals surface area contributed by atoms with Gasteiger partial charge in [0.15, 0.2) is 0 Å². The Morgan fingerprint density at radius 2 is 2.18 bits per heavy atom. The average Bonchev–Trinajstić information content (AvgIpc) is 2.29. The highest BCUT2D eigenvalue weighted by atomic mass is 35.5. The van der Waals surface area contributed by atoms with E-state index in [1.807, 2.05) is 27.1 Å². The molecule has 0 amide bonds. The molecule has 1 aromatic carbocycles. The molecule has 4 heteroatoms. The monoisotopic (exact) mass is 256 g/mol. The fourth-order valence-corrected chi connectivity index (χ4v) is 2.08. The zero-order chi connectivity index (χ0) is 12.8. The first-order chi connectivity index (χ1) is 8.08. The molecule has 0 spiro atoms. The van der Waals surface area contributed by atoms with E-state index in [-0.39, 0.29) is 6.10 Å². The molecule has 0 saturated heterocycles. The zero-order valence-electron chi connectivity index (χ0n) is 11.0. The summed E-state index contributed by atoms with van der Waals surface area (Å²) < 4.78 is 5.25. The lowest BCUT2D eigenvalue weighted by atomic mass is 10.2. The number of nitrogens with zero attached hydrogens (tertiary/aromatic N) is 1. The van der Waals surface area contributed by atoms with E-state index in [4.69, 9.17) is 16.3 Å². The lowest BCUT2D eigenvalue weighted by molar-refractivity contribution is 0.124. The lowest BCUT2D eigenvalue weighted by Gasteiger charge is -2.24. The van der Waals surface area contributed by atoms with Crippen LogP contribution in [-0.4, -0.2) is 33.9 Å². The zero-order valence-corrected chi connectivity index (χ0v) is 11.7. The summed E-state index contributed by atoms with van der Waals surface area (Å²) in [5.74, 6) is 0. The van der Waals surface area contributed by atoms with Gasteiger partial charge in [-0.3, -0.25) is 0 Å². The standard InChI is InChI=1S/C13H21ClN2O/c1-10(17-4)9-16(3)13-6-5-11(8-15-2)7-12(13)14/h5-7,10,15H,8-9H2,1-4H3. The Hall–Kier alpha value is -0.770. The van der Waals surface area contributed by atoms with E-state index < -0.39 is 0 Å². The molecule has 1 N–H and O–H groups in total. The second-order valence-electron chi connectivity index (χ2n) is 4.24. The topological polar surface area (TPSA) is 24.5 Å². The maximum Gasteiger partial charge on any atom is 0.0717 e. The number of hydrogen-bond donors (Lipinski definition) is 1. The van der Waals surface area contributed by atoms with Crippen LogP contribution in [0.15, 0.2) is 18.2 Å². The van der Waals surface area contributed by atoms with Gasteiger partial charge in [0, 0.05) is 27.2 Å². The van der Waals surface area contributed by atoms with Crippen molar-refractivity contribution in [1.29, 1.82) is 0 Å². The molecule has 0 fully saturated rings. The molecular formula is C13H21ClN2O. The highest BCUT2D eigenvalue weighted by Crippen LogP contribution is 2.26. The van der Waals surface area contributed by atoms with Crippen molar-refractivity contribution in [2.45, 2.75) is 19.6 Å². The summed E-state index contributed by atoms with van der Waals surface area (Å²) in [7, 11) is 5.67. The molecule has 0 aliphatic rings.